The predicted molar refractivity (Wildman–Crippen MR) is 132 cm³/mol. The molecule has 202 valence electrons. The van der Waals surface area contributed by atoms with Gasteiger partial charge in [0, 0.05) is 25.2 Å². The Morgan fingerprint density at radius 3 is 1.25 bits per heavy atom. The van der Waals surface area contributed by atoms with Crippen LogP contribution in [0, 0.1) is 23.7 Å². The van der Waals surface area contributed by atoms with Gasteiger partial charge in [0.05, 0.1) is 0 Å². The Bertz CT molecular complexity index is 678. The van der Waals surface area contributed by atoms with E-state index < -0.39 is 24.1 Å². The smallest absolute Gasteiger partial charge is 0.407 e. The monoisotopic (exact) mass is 508 g/mol. The van der Waals surface area contributed by atoms with Gasteiger partial charge in [0.15, 0.2) is 0 Å². The first-order valence-electron chi connectivity index (χ1n) is 12.8. The molecule has 0 spiro atoms. The predicted octanol–water partition coefficient (Wildman–Crippen LogP) is 3.51. The lowest BCUT2D eigenvalue weighted by molar-refractivity contribution is -0.139. The molecule has 0 bridgehead atoms. The lowest BCUT2D eigenvalue weighted by atomic mass is 9.69. The second-order valence-electron chi connectivity index (χ2n) is 9.34. The number of hydrogen-bond acceptors (Lipinski definition) is 8. The fourth-order valence-corrected chi connectivity index (χ4v) is 4.96. The Hall–Kier alpha value is -3.04. The van der Waals surface area contributed by atoms with E-state index in [4.69, 9.17) is 18.9 Å². The number of ether oxygens (including phenoxy) is 4. The number of hydrogen-bond donors (Lipinski definition) is 2. The van der Waals surface area contributed by atoms with E-state index in [1.807, 2.05) is 0 Å². The summed E-state index contributed by atoms with van der Waals surface area (Å²) in [5.74, 6) is 1.29. The van der Waals surface area contributed by atoms with Gasteiger partial charge in [-0.25, -0.2) is 19.2 Å². The summed E-state index contributed by atoms with van der Waals surface area (Å²) in [6.07, 6.45) is 10.2. The molecule has 2 fully saturated rings. The van der Waals surface area contributed by atoms with Crippen molar-refractivity contribution < 1.29 is 38.1 Å². The molecular weight excluding hydrogens is 468 g/mol. The Kier molecular flexibility index (Phi) is 13.5. The molecule has 0 radical (unpaired) electrons. The van der Waals surface area contributed by atoms with E-state index in [0.717, 1.165) is 49.7 Å². The average molecular weight is 509 g/mol. The normalized spacial score (nSPS) is 23.4. The van der Waals surface area contributed by atoms with Gasteiger partial charge in [-0.05, 0) is 75.0 Å². The van der Waals surface area contributed by atoms with Crippen LogP contribution in [0.2, 0.25) is 0 Å². The molecular formula is C26H40N2O8. The first kappa shape index (κ1) is 29.2. The van der Waals surface area contributed by atoms with Gasteiger partial charge in [0.1, 0.15) is 26.4 Å². The quantitative estimate of drug-likeness (QED) is 0.167. The van der Waals surface area contributed by atoms with Crippen LogP contribution in [0.15, 0.2) is 25.3 Å². The summed E-state index contributed by atoms with van der Waals surface area (Å²) >= 11 is 0. The van der Waals surface area contributed by atoms with Gasteiger partial charge in [-0.3, -0.25) is 0 Å². The van der Waals surface area contributed by atoms with Crippen LogP contribution in [0.5, 0.6) is 0 Å². The van der Waals surface area contributed by atoms with E-state index >= 15 is 0 Å². The lowest BCUT2D eigenvalue weighted by Gasteiger charge is -2.38. The second-order valence-corrected chi connectivity index (χ2v) is 9.34. The van der Waals surface area contributed by atoms with Gasteiger partial charge in [-0.15, -0.1) is 0 Å². The maximum absolute atomic E-state index is 11.8. The summed E-state index contributed by atoms with van der Waals surface area (Å²) in [7, 11) is 0. The molecule has 0 atom stereocenters. The molecule has 2 rings (SSSR count). The standard InChI is InChI=1S/C26H40N2O8/c1-3-23(29)33-13-15-35-25(31)27-17-19-5-9-21(10-6-19)22-11-7-20(8-12-22)18-28-26(32)36-16-14-34-24(30)4-2/h3-4,19-22H,1-2,5-18H2,(H,27,31)(H,28,32). The zero-order valence-corrected chi connectivity index (χ0v) is 21.0. The molecule has 36 heavy (non-hydrogen) atoms. The molecule has 2 N–H and O–H groups in total. The van der Waals surface area contributed by atoms with E-state index in [2.05, 4.69) is 23.8 Å². The summed E-state index contributed by atoms with van der Waals surface area (Å²) in [5.41, 5.74) is 0. The van der Waals surface area contributed by atoms with Gasteiger partial charge in [-0.2, -0.15) is 0 Å². The van der Waals surface area contributed by atoms with E-state index in [1.165, 1.54) is 25.7 Å². The first-order valence-corrected chi connectivity index (χ1v) is 12.8. The highest BCUT2D eigenvalue weighted by Crippen LogP contribution is 2.41. The Morgan fingerprint density at radius 1 is 0.583 bits per heavy atom. The number of esters is 2. The van der Waals surface area contributed by atoms with Crippen LogP contribution in [0.25, 0.3) is 0 Å². The van der Waals surface area contributed by atoms with Crippen molar-refractivity contribution in [2.75, 3.05) is 39.5 Å². The van der Waals surface area contributed by atoms with E-state index in [-0.39, 0.29) is 26.4 Å². The molecule has 0 heterocycles. The van der Waals surface area contributed by atoms with Crippen LogP contribution in [-0.2, 0) is 28.5 Å². The number of rotatable bonds is 13. The number of alkyl carbamates (subject to hydrolysis) is 2. The summed E-state index contributed by atoms with van der Waals surface area (Å²) < 4.78 is 19.5. The molecule has 0 unspecified atom stereocenters. The van der Waals surface area contributed by atoms with E-state index in [9.17, 15) is 19.2 Å². The third kappa shape index (κ3) is 11.6. The van der Waals surface area contributed by atoms with E-state index in [1.54, 1.807) is 0 Å². The minimum atomic E-state index is -0.539. The minimum Gasteiger partial charge on any atom is -0.459 e. The van der Waals surface area contributed by atoms with Gasteiger partial charge in [0.2, 0.25) is 0 Å². The number of amides is 2. The number of carbonyl (C=O) groups excluding carboxylic acids is 4. The average Bonchev–Trinajstić information content (AvgIpc) is 2.91. The molecule has 2 saturated carbocycles. The summed E-state index contributed by atoms with van der Waals surface area (Å²) in [6.45, 7) is 7.86. The topological polar surface area (TPSA) is 129 Å². The third-order valence-electron chi connectivity index (χ3n) is 6.97. The van der Waals surface area contributed by atoms with Gasteiger partial charge < -0.3 is 29.6 Å². The maximum atomic E-state index is 11.8. The molecule has 2 aliphatic carbocycles. The largest absolute Gasteiger partial charge is 0.459 e. The molecule has 10 heteroatoms. The second kappa shape index (κ2) is 16.6. The SMILES string of the molecule is C=CC(=O)OCCOC(=O)NCC1CCC(C2CCC(CNC(=O)OCCOC(=O)C=C)CC2)CC1. The minimum absolute atomic E-state index is 0.0147. The molecule has 2 aliphatic rings. The van der Waals surface area contributed by atoms with Gasteiger partial charge in [0.25, 0.3) is 0 Å². The van der Waals surface area contributed by atoms with Gasteiger partial charge in [-0.1, -0.05) is 13.2 Å². The highest BCUT2D eigenvalue weighted by atomic mass is 16.6. The highest BCUT2D eigenvalue weighted by Gasteiger charge is 2.31. The third-order valence-corrected chi connectivity index (χ3v) is 6.97. The molecule has 0 aliphatic heterocycles. The lowest BCUT2D eigenvalue weighted by Crippen LogP contribution is -2.35. The Labute approximate surface area is 213 Å². The van der Waals surface area contributed by atoms with Crippen LogP contribution in [0.4, 0.5) is 9.59 Å². The van der Waals surface area contributed by atoms with Crippen molar-refractivity contribution in [3.8, 4) is 0 Å². The number of nitrogens with one attached hydrogen (secondary N) is 2. The first-order chi connectivity index (χ1) is 17.4. The summed E-state index contributed by atoms with van der Waals surface area (Å²) in [4.78, 5) is 45.4. The van der Waals surface area contributed by atoms with E-state index in [0.29, 0.717) is 24.9 Å². The maximum Gasteiger partial charge on any atom is 0.407 e. The summed E-state index contributed by atoms with van der Waals surface area (Å²) in [5, 5.41) is 5.62. The van der Waals surface area contributed by atoms with Crippen molar-refractivity contribution in [3.05, 3.63) is 25.3 Å². The Balaban J connectivity index is 1.51. The van der Waals surface area contributed by atoms with Crippen molar-refractivity contribution in [1.29, 1.82) is 0 Å². The van der Waals surface area contributed by atoms with Crippen LogP contribution < -0.4 is 10.6 Å². The molecule has 0 aromatic rings. The van der Waals surface area contributed by atoms with Crippen molar-refractivity contribution >= 4 is 24.1 Å². The zero-order valence-electron chi connectivity index (χ0n) is 21.0. The fraction of sp³-hybridized carbons (Fsp3) is 0.692. The highest BCUT2D eigenvalue weighted by molar-refractivity contribution is 5.81. The summed E-state index contributed by atoms with van der Waals surface area (Å²) in [6, 6.07) is 0. The van der Waals surface area contributed by atoms with Crippen LogP contribution in [-0.4, -0.2) is 63.6 Å². The van der Waals surface area contributed by atoms with Gasteiger partial charge >= 0.3 is 24.1 Å². The molecule has 2 amide bonds. The Morgan fingerprint density at radius 2 is 0.917 bits per heavy atom. The molecule has 0 aromatic carbocycles. The van der Waals surface area contributed by atoms with Crippen molar-refractivity contribution in [2.45, 2.75) is 51.4 Å². The van der Waals surface area contributed by atoms with Crippen LogP contribution in [0.3, 0.4) is 0 Å². The van der Waals surface area contributed by atoms with Crippen LogP contribution in [0.1, 0.15) is 51.4 Å². The molecule has 0 aromatic heterocycles. The molecule has 10 nitrogen and oxygen atoms in total. The van der Waals surface area contributed by atoms with Crippen LogP contribution >= 0.6 is 0 Å². The zero-order chi connectivity index (χ0) is 26.2. The molecule has 0 saturated heterocycles. The van der Waals surface area contributed by atoms with Crippen molar-refractivity contribution in [1.82, 2.24) is 10.6 Å². The van der Waals surface area contributed by atoms with Crippen molar-refractivity contribution in [3.63, 3.8) is 0 Å². The fourth-order valence-electron chi connectivity index (χ4n) is 4.96. The number of carbonyl (C=O) groups is 4. The van der Waals surface area contributed by atoms with Crippen molar-refractivity contribution in [2.24, 2.45) is 23.7 Å².